The van der Waals surface area contributed by atoms with Gasteiger partial charge in [0.2, 0.25) is 0 Å². The highest BCUT2D eigenvalue weighted by Crippen LogP contribution is 2.67. The first-order valence-electron chi connectivity index (χ1n) is 12.6. The predicted octanol–water partition coefficient (Wildman–Crippen LogP) is 6.17. The van der Waals surface area contributed by atoms with Crippen LogP contribution in [0.25, 0.3) is 0 Å². The lowest BCUT2D eigenvalue weighted by molar-refractivity contribution is -0.108. The van der Waals surface area contributed by atoms with E-state index in [1.165, 1.54) is 50.5 Å². The van der Waals surface area contributed by atoms with Crippen LogP contribution in [0.15, 0.2) is 11.6 Å². The van der Waals surface area contributed by atoms with Gasteiger partial charge < -0.3 is 10.2 Å². The second kappa shape index (κ2) is 7.97. The summed E-state index contributed by atoms with van der Waals surface area (Å²) in [5.74, 6) is 4.53. The fraction of sp³-hybridized carbons (Fsp3) is 0.889. The van der Waals surface area contributed by atoms with Gasteiger partial charge in [-0.15, -0.1) is 0 Å². The van der Waals surface area contributed by atoms with Crippen LogP contribution in [0, 0.1) is 52.8 Å². The quantitative estimate of drug-likeness (QED) is 0.541. The van der Waals surface area contributed by atoms with E-state index < -0.39 is 0 Å². The molecule has 0 saturated heterocycles. The molecule has 165 valence electrons. The lowest BCUT2D eigenvalue weighted by Crippen LogP contribution is -2.55. The van der Waals surface area contributed by atoms with Gasteiger partial charge in [0, 0.05) is 11.8 Å². The molecule has 3 fully saturated rings. The summed E-state index contributed by atoms with van der Waals surface area (Å²) in [6.07, 6.45) is 14.7. The van der Waals surface area contributed by atoms with E-state index in [0.717, 1.165) is 30.1 Å². The molecule has 2 heteroatoms. The van der Waals surface area contributed by atoms with E-state index in [-0.39, 0.29) is 17.6 Å². The molecular formula is C27H45O2. The third-order valence-corrected chi connectivity index (χ3v) is 10.2. The van der Waals surface area contributed by atoms with Gasteiger partial charge in [0.15, 0.2) is 0 Å². The van der Waals surface area contributed by atoms with Gasteiger partial charge >= 0.3 is 0 Å². The van der Waals surface area contributed by atoms with Crippen LogP contribution >= 0.6 is 0 Å². The standard InChI is InChI=1S/C27H45O2/c1-17(2)7-6-8-18(3)22-11-12-23-21-10-9-19-15-20(28)16-25(29)27(19,5)24(21)13-14-26(22,23)4/h7,9,17-18,20-25,28-29H,6,8,10-16H2,1-5H3/t18-,20-,21+,22-,23+,24+,25?,26-,27+/m1/s1. The van der Waals surface area contributed by atoms with E-state index in [0.29, 0.717) is 23.7 Å². The van der Waals surface area contributed by atoms with Gasteiger partial charge in [-0.05, 0) is 92.3 Å². The molecule has 3 saturated carbocycles. The monoisotopic (exact) mass is 401 g/mol. The number of fused-ring (bicyclic) bond motifs is 5. The van der Waals surface area contributed by atoms with Crippen molar-refractivity contribution in [2.24, 2.45) is 46.3 Å². The first kappa shape index (κ1) is 21.9. The third kappa shape index (κ3) is 3.55. The average molecular weight is 402 g/mol. The minimum Gasteiger partial charge on any atom is -0.393 e. The summed E-state index contributed by atoms with van der Waals surface area (Å²) in [5, 5.41) is 21.3. The summed E-state index contributed by atoms with van der Waals surface area (Å²) >= 11 is 0. The number of hydrogen-bond donors (Lipinski definition) is 2. The number of aliphatic hydroxyl groups is 2. The Kier molecular flexibility index (Phi) is 6.01. The zero-order valence-corrected chi connectivity index (χ0v) is 19.5. The van der Waals surface area contributed by atoms with E-state index in [2.05, 4.69) is 47.1 Å². The van der Waals surface area contributed by atoms with Crippen molar-refractivity contribution in [1.82, 2.24) is 0 Å². The van der Waals surface area contributed by atoms with Crippen molar-refractivity contribution in [3.05, 3.63) is 18.1 Å². The first-order chi connectivity index (χ1) is 13.7. The van der Waals surface area contributed by atoms with Crippen molar-refractivity contribution in [3.8, 4) is 0 Å². The van der Waals surface area contributed by atoms with Crippen molar-refractivity contribution >= 4 is 0 Å². The molecule has 1 radical (unpaired) electrons. The zero-order valence-electron chi connectivity index (χ0n) is 19.5. The van der Waals surface area contributed by atoms with Gasteiger partial charge in [-0.25, -0.2) is 0 Å². The van der Waals surface area contributed by atoms with Crippen LogP contribution in [-0.2, 0) is 0 Å². The smallest absolute Gasteiger partial charge is 0.0658 e. The van der Waals surface area contributed by atoms with E-state index in [9.17, 15) is 10.2 Å². The van der Waals surface area contributed by atoms with Crippen LogP contribution in [0.2, 0.25) is 0 Å². The second-order valence-electron chi connectivity index (χ2n) is 12.0. The fourth-order valence-corrected chi connectivity index (χ4v) is 8.57. The van der Waals surface area contributed by atoms with E-state index in [4.69, 9.17) is 0 Å². The maximum Gasteiger partial charge on any atom is 0.0658 e. The highest BCUT2D eigenvalue weighted by molar-refractivity contribution is 5.27. The largest absolute Gasteiger partial charge is 0.393 e. The Morgan fingerprint density at radius 3 is 2.59 bits per heavy atom. The normalized spacial score (nSPS) is 47.9. The summed E-state index contributed by atoms with van der Waals surface area (Å²) in [6.45, 7) is 12.1. The molecule has 0 aromatic carbocycles. The Morgan fingerprint density at radius 2 is 1.86 bits per heavy atom. The minimum absolute atomic E-state index is 0.0978. The Balaban J connectivity index is 1.52. The predicted molar refractivity (Wildman–Crippen MR) is 120 cm³/mol. The number of allylic oxidation sites excluding steroid dienone is 1. The molecule has 1 unspecified atom stereocenters. The Labute approximate surface area is 179 Å². The van der Waals surface area contributed by atoms with Crippen LogP contribution in [0.4, 0.5) is 0 Å². The highest BCUT2D eigenvalue weighted by atomic mass is 16.3. The summed E-state index contributed by atoms with van der Waals surface area (Å²) in [5.41, 5.74) is 1.75. The van der Waals surface area contributed by atoms with Gasteiger partial charge in [0.05, 0.1) is 12.2 Å². The second-order valence-corrected chi connectivity index (χ2v) is 12.0. The molecule has 0 spiro atoms. The number of aliphatic hydroxyl groups excluding tert-OH is 2. The van der Waals surface area contributed by atoms with Crippen molar-refractivity contribution in [3.63, 3.8) is 0 Å². The molecule has 4 rings (SSSR count). The molecule has 0 amide bonds. The maximum absolute atomic E-state index is 11.1. The Bertz CT molecular complexity index is 624. The lowest BCUT2D eigenvalue weighted by atomic mass is 9.46. The van der Waals surface area contributed by atoms with Gasteiger partial charge in [-0.1, -0.05) is 52.7 Å². The highest BCUT2D eigenvalue weighted by Gasteiger charge is 2.60. The van der Waals surface area contributed by atoms with E-state index >= 15 is 0 Å². The van der Waals surface area contributed by atoms with Crippen LogP contribution in [0.5, 0.6) is 0 Å². The van der Waals surface area contributed by atoms with Gasteiger partial charge in [-0.2, -0.15) is 0 Å². The van der Waals surface area contributed by atoms with Crippen molar-refractivity contribution in [2.75, 3.05) is 0 Å². The van der Waals surface area contributed by atoms with Crippen molar-refractivity contribution in [1.29, 1.82) is 0 Å². The molecule has 0 heterocycles. The molecule has 9 atom stereocenters. The van der Waals surface area contributed by atoms with Gasteiger partial charge in [0.1, 0.15) is 0 Å². The summed E-state index contributed by atoms with van der Waals surface area (Å²) in [4.78, 5) is 0. The molecule has 0 aromatic rings. The molecule has 0 aromatic heterocycles. The van der Waals surface area contributed by atoms with Crippen LogP contribution in [0.3, 0.4) is 0 Å². The Morgan fingerprint density at radius 1 is 1.10 bits per heavy atom. The minimum atomic E-state index is -0.377. The van der Waals surface area contributed by atoms with Crippen LogP contribution in [-0.4, -0.2) is 22.4 Å². The number of rotatable bonds is 5. The molecule has 0 bridgehead atoms. The SMILES string of the molecule is CC(C)[CH]CC[C@@H](C)[C@H]1CC[C@H]2[C@@H]3CC=C4C[C@@H](O)CC(O)[C@]4(C)[C@H]3CC[C@]12C. The van der Waals surface area contributed by atoms with Gasteiger partial charge in [0.25, 0.3) is 0 Å². The average Bonchev–Trinajstić information content (AvgIpc) is 3.00. The van der Waals surface area contributed by atoms with Crippen LogP contribution in [0.1, 0.15) is 92.4 Å². The van der Waals surface area contributed by atoms with Gasteiger partial charge in [-0.3, -0.25) is 0 Å². The Hall–Kier alpha value is -0.340. The van der Waals surface area contributed by atoms with E-state index in [1.807, 2.05) is 0 Å². The molecule has 4 aliphatic carbocycles. The molecule has 0 aliphatic heterocycles. The van der Waals surface area contributed by atoms with Crippen molar-refractivity contribution < 1.29 is 10.2 Å². The number of hydrogen-bond acceptors (Lipinski definition) is 2. The topological polar surface area (TPSA) is 40.5 Å². The lowest BCUT2D eigenvalue weighted by Gasteiger charge is -2.59. The maximum atomic E-state index is 11.1. The fourth-order valence-electron chi connectivity index (χ4n) is 8.57. The molecule has 2 nitrogen and oxygen atoms in total. The molecule has 29 heavy (non-hydrogen) atoms. The van der Waals surface area contributed by atoms with E-state index in [1.54, 1.807) is 0 Å². The summed E-state index contributed by atoms with van der Waals surface area (Å²) in [6, 6.07) is 0. The molecule has 2 N–H and O–H groups in total. The van der Waals surface area contributed by atoms with Crippen LogP contribution < -0.4 is 0 Å². The third-order valence-electron chi connectivity index (χ3n) is 10.2. The summed E-state index contributed by atoms with van der Waals surface area (Å²) in [7, 11) is 0. The van der Waals surface area contributed by atoms with Crippen molar-refractivity contribution in [2.45, 2.75) is 105 Å². The molecule has 4 aliphatic rings. The first-order valence-corrected chi connectivity index (χ1v) is 12.6. The summed E-state index contributed by atoms with van der Waals surface area (Å²) < 4.78 is 0. The zero-order chi connectivity index (χ0) is 21.0. The molecular weight excluding hydrogens is 356 g/mol.